The summed E-state index contributed by atoms with van der Waals surface area (Å²) >= 11 is 0. The molecule has 0 spiro atoms. The topological polar surface area (TPSA) is 32.3 Å². The molecule has 1 aliphatic rings. The van der Waals surface area contributed by atoms with Gasteiger partial charge in [-0.3, -0.25) is 4.79 Å². The lowest BCUT2D eigenvalue weighted by Crippen LogP contribution is -2.34. The maximum atomic E-state index is 12.3. The lowest BCUT2D eigenvalue weighted by molar-refractivity contribution is -0.131. The van der Waals surface area contributed by atoms with Crippen LogP contribution in [-0.2, 0) is 4.79 Å². The highest BCUT2D eigenvalue weighted by Crippen LogP contribution is 2.33. The molecular formula is C17H26N2O. The first-order chi connectivity index (χ1) is 9.63. The van der Waals surface area contributed by atoms with Crippen LogP contribution in [0.25, 0.3) is 0 Å². The van der Waals surface area contributed by atoms with Crippen LogP contribution in [0.3, 0.4) is 0 Å². The van der Waals surface area contributed by atoms with E-state index in [4.69, 9.17) is 0 Å². The predicted octanol–water partition coefficient (Wildman–Crippen LogP) is 2.70. The average Bonchev–Trinajstić information content (AvgIpc) is 2.81. The van der Waals surface area contributed by atoms with Gasteiger partial charge in [-0.15, -0.1) is 0 Å². The Kier molecular flexibility index (Phi) is 5.18. The number of carbonyl (C=O) groups excluding carboxylic acids is 1. The lowest BCUT2D eigenvalue weighted by atomic mass is 9.93. The van der Waals surface area contributed by atoms with E-state index < -0.39 is 0 Å². The van der Waals surface area contributed by atoms with Gasteiger partial charge >= 0.3 is 0 Å². The number of nitrogens with one attached hydrogen (secondary N) is 1. The number of amides is 1. The van der Waals surface area contributed by atoms with Crippen LogP contribution < -0.4 is 5.32 Å². The summed E-state index contributed by atoms with van der Waals surface area (Å²) in [4.78, 5) is 14.4. The summed E-state index contributed by atoms with van der Waals surface area (Å²) in [6, 6.07) is 8.92. The molecule has 0 aliphatic carbocycles. The molecule has 0 radical (unpaired) electrons. The molecule has 3 nitrogen and oxygen atoms in total. The molecule has 1 amide bonds. The minimum Gasteiger partial charge on any atom is -0.339 e. The molecule has 1 aromatic rings. The maximum Gasteiger partial charge on any atom is 0.222 e. The van der Waals surface area contributed by atoms with Crippen molar-refractivity contribution in [3.8, 4) is 0 Å². The Balaban J connectivity index is 1.98. The van der Waals surface area contributed by atoms with Crippen LogP contribution in [0.15, 0.2) is 24.3 Å². The molecule has 20 heavy (non-hydrogen) atoms. The first-order valence-corrected chi connectivity index (χ1v) is 7.63. The number of likely N-dealkylation sites (tertiary alicyclic amines) is 1. The molecule has 0 saturated carbocycles. The van der Waals surface area contributed by atoms with E-state index in [1.54, 1.807) is 0 Å². The number of carbonyl (C=O) groups is 1. The van der Waals surface area contributed by atoms with Gasteiger partial charge in [-0.2, -0.15) is 0 Å². The first-order valence-electron chi connectivity index (χ1n) is 7.63. The zero-order valence-corrected chi connectivity index (χ0v) is 12.9. The van der Waals surface area contributed by atoms with E-state index in [1.807, 2.05) is 7.05 Å². The van der Waals surface area contributed by atoms with Gasteiger partial charge in [0, 0.05) is 24.9 Å². The summed E-state index contributed by atoms with van der Waals surface area (Å²) < 4.78 is 0. The summed E-state index contributed by atoms with van der Waals surface area (Å²) in [6.45, 7) is 6.13. The molecule has 0 aromatic heterocycles. The SMILES string of the molecule is CNCCCC(=O)N1CC(c2ccccc2C)CC1C. The molecule has 1 heterocycles. The molecule has 0 bridgehead atoms. The molecule has 3 heteroatoms. The Labute approximate surface area is 122 Å². The van der Waals surface area contributed by atoms with E-state index in [2.05, 4.69) is 48.3 Å². The van der Waals surface area contributed by atoms with Crippen molar-refractivity contribution in [2.24, 2.45) is 0 Å². The molecule has 1 fully saturated rings. The monoisotopic (exact) mass is 274 g/mol. The van der Waals surface area contributed by atoms with Crippen molar-refractivity contribution in [3.63, 3.8) is 0 Å². The maximum absolute atomic E-state index is 12.3. The molecule has 1 aromatic carbocycles. The molecule has 1 saturated heterocycles. The van der Waals surface area contributed by atoms with Crippen molar-refractivity contribution in [2.75, 3.05) is 20.1 Å². The smallest absolute Gasteiger partial charge is 0.222 e. The van der Waals surface area contributed by atoms with E-state index in [1.165, 1.54) is 11.1 Å². The quantitative estimate of drug-likeness (QED) is 0.837. The highest BCUT2D eigenvalue weighted by atomic mass is 16.2. The van der Waals surface area contributed by atoms with E-state index in [-0.39, 0.29) is 0 Å². The van der Waals surface area contributed by atoms with Gasteiger partial charge in [0.25, 0.3) is 0 Å². The standard InChI is InChI=1S/C17H26N2O/c1-13-7-4-5-8-16(13)15-11-14(2)19(12-15)17(20)9-6-10-18-3/h4-5,7-8,14-15,18H,6,9-12H2,1-3H3. The van der Waals surface area contributed by atoms with Gasteiger partial charge in [0.05, 0.1) is 0 Å². The first kappa shape index (κ1) is 15.0. The second-order valence-electron chi connectivity index (χ2n) is 5.89. The Hall–Kier alpha value is -1.35. The van der Waals surface area contributed by atoms with Gasteiger partial charge in [0.1, 0.15) is 0 Å². The molecule has 1 aliphatic heterocycles. The molecule has 2 unspecified atom stereocenters. The number of hydrogen-bond acceptors (Lipinski definition) is 2. The van der Waals surface area contributed by atoms with Crippen LogP contribution in [0.1, 0.15) is 43.2 Å². The second kappa shape index (κ2) is 6.89. The Morgan fingerprint density at radius 3 is 2.85 bits per heavy atom. The fourth-order valence-corrected chi connectivity index (χ4v) is 3.21. The number of hydrogen-bond donors (Lipinski definition) is 1. The van der Waals surface area contributed by atoms with Crippen LogP contribution in [0.5, 0.6) is 0 Å². The van der Waals surface area contributed by atoms with Gasteiger partial charge in [-0.1, -0.05) is 24.3 Å². The summed E-state index contributed by atoms with van der Waals surface area (Å²) in [5.41, 5.74) is 2.75. The average molecular weight is 274 g/mol. The fraction of sp³-hybridized carbons (Fsp3) is 0.588. The fourth-order valence-electron chi connectivity index (χ4n) is 3.21. The van der Waals surface area contributed by atoms with Gasteiger partial charge in [-0.05, 0) is 51.4 Å². The molecule has 110 valence electrons. The van der Waals surface area contributed by atoms with Crippen molar-refractivity contribution in [3.05, 3.63) is 35.4 Å². The summed E-state index contributed by atoms with van der Waals surface area (Å²) in [7, 11) is 1.93. The van der Waals surface area contributed by atoms with E-state index >= 15 is 0 Å². The Bertz CT molecular complexity index is 458. The van der Waals surface area contributed by atoms with Crippen molar-refractivity contribution >= 4 is 5.91 Å². The van der Waals surface area contributed by atoms with Crippen LogP contribution in [0, 0.1) is 6.92 Å². The highest BCUT2D eigenvalue weighted by Gasteiger charge is 2.33. The molecule has 2 atom stereocenters. The zero-order chi connectivity index (χ0) is 14.5. The minimum atomic E-state index is 0.309. The lowest BCUT2D eigenvalue weighted by Gasteiger charge is -2.21. The number of nitrogens with zero attached hydrogens (tertiary/aromatic N) is 1. The molecule has 2 rings (SSSR count). The molecular weight excluding hydrogens is 248 g/mol. The van der Waals surface area contributed by atoms with Crippen molar-refractivity contribution < 1.29 is 4.79 Å². The Morgan fingerprint density at radius 1 is 1.40 bits per heavy atom. The van der Waals surface area contributed by atoms with Crippen LogP contribution in [0.2, 0.25) is 0 Å². The molecule has 1 N–H and O–H groups in total. The van der Waals surface area contributed by atoms with Crippen LogP contribution in [-0.4, -0.2) is 37.0 Å². The van der Waals surface area contributed by atoms with E-state index in [0.29, 0.717) is 24.3 Å². The normalized spacial score (nSPS) is 22.2. The third-order valence-electron chi connectivity index (χ3n) is 4.34. The zero-order valence-electron chi connectivity index (χ0n) is 12.9. The van der Waals surface area contributed by atoms with Crippen molar-refractivity contribution in [1.82, 2.24) is 10.2 Å². The van der Waals surface area contributed by atoms with Gasteiger partial charge < -0.3 is 10.2 Å². The predicted molar refractivity (Wildman–Crippen MR) is 82.9 cm³/mol. The van der Waals surface area contributed by atoms with Gasteiger partial charge in [0.15, 0.2) is 0 Å². The van der Waals surface area contributed by atoms with Crippen LogP contribution in [0.4, 0.5) is 0 Å². The van der Waals surface area contributed by atoms with Crippen molar-refractivity contribution in [1.29, 1.82) is 0 Å². The van der Waals surface area contributed by atoms with E-state index in [9.17, 15) is 4.79 Å². The third kappa shape index (κ3) is 3.40. The van der Waals surface area contributed by atoms with Crippen LogP contribution >= 0.6 is 0 Å². The Morgan fingerprint density at radius 2 is 2.15 bits per heavy atom. The second-order valence-corrected chi connectivity index (χ2v) is 5.89. The highest BCUT2D eigenvalue weighted by molar-refractivity contribution is 5.77. The van der Waals surface area contributed by atoms with Gasteiger partial charge in [-0.25, -0.2) is 0 Å². The number of aryl methyl sites for hydroxylation is 1. The minimum absolute atomic E-state index is 0.309. The van der Waals surface area contributed by atoms with Gasteiger partial charge in [0.2, 0.25) is 5.91 Å². The summed E-state index contributed by atoms with van der Waals surface area (Å²) in [5, 5.41) is 3.10. The largest absolute Gasteiger partial charge is 0.339 e. The summed E-state index contributed by atoms with van der Waals surface area (Å²) in [5.74, 6) is 0.809. The number of benzene rings is 1. The third-order valence-corrected chi connectivity index (χ3v) is 4.34. The number of rotatable bonds is 5. The van der Waals surface area contributed by atoms with E-state index in [0.717, 1.165) is 25.9 Å². The summed E-state index contributed by atoms with van der Waals surface area (Å²) in [6.07, 6.45) is 2.67. The van der Waals surface area contributed by atoms with Crippen molar-refractivity contribution in [2.45, 2.75) is 45.1 Å².